The van der Waals surface area contributed by atoms with Crippen molar-refractivity contribution in [2.45, 2.75) is 19.3 Å². The summed E-state index contributed by atoms with van der Waals surface area (Å²) >= 11 is 0. The lowest BCUT2D eigenvalue weighted by atomic mass is 10.1. The number of carbonyl (C=O) groups excluding carboxylic acids is 1. The molecule has 0 saturated heterocycles. The van der Waals surface area contributed by atoms with Gasteiger partial charge in [0.15, 0.2) is 0 Å². The molecule has 0 atom stereocenters. The third kappa shape index (κ3) is 6.16. The third-order valence-electron chi connectivity index (χ3n) is 4.30. The van der Waals surface area contributed by atoms with Crippen LogP contribution in [0.3, 0.4) is 0 Å². The smallest absolute Gasteiger partial charge is 0.417 e. The quantitative estimate of drug-likeness (QED) is 0.428. The van der Waals surface area contributed by atoms with Gasteiger partial charge in [0.2, 0.25) is 5.88 Å². The highest BCUT2D eigenvalue weighted by molar-refractivity contribution is 5.94. The summed E-state index contributed by atoms with van der Waals surface area (Å²) in [5.74, 6) is 0.00695. The summed E-state index contributed by atoms with van der Waals surface area (Å²) in [6.07, 6.45) is -3.81. The zero-order chi connectivity index (χ0) is 23.3. The molecule has 2 aromatic carbocycles. The predicted octanol–water partition coefficient (Wildman–Crippen LogP) is 5.77. The molecule has 1 heterocycles. The molecule has 0 bridgehead atoms. The summed E-state index contributed by atoms with van der Waals surface area (Å²) in [5.41, 5.74) is 0.193. The van der Waals surface area contributed by atoms with Gasteiger partial charge >= 0.3 is 12.8 Å². The van der Waals surface area contributed by atoms with Crippen molar-refractivity contribution in [3.63, 3.8) is 0 Å². The standard InChI is InChI=1S/C22H17F5N2O3/c1-29(13-14-2-7-18(8-3-14)32-21(23)24)20(30)15-4-9-17(10-5-15)31-19-11-6-16(12-28-19)22(25,26)27/h2-12,21H,13H2,1H3. The highest BCUT2D eigenvalue weighted by atomic mass is 19.4. The first-order valence-corrected chi connectivity index (χ1v) is 9.22. The Labute approximate surface area is 180 Å². The minimum absolute atomic E-state index is 0.0199. The largest absolute Gasteiger partial charge is 0.439 e. The molecule has 1 aromatic heterocycles. The molecule has 0 aliphatic carbocycles. The summed E-state index contributed by atoms with van der Waals surface area (Å²) in [4.78, 5) is 17.7. The molecule has 3 aromatic rings. The van der Waals surface area contributed by atoms with Crippen molar-refractivity contribution >= 4 is 5.91 Å². The number of aromatic nitrogens is 1. The second-order valence-electron chi connectivity index (χ2n) is 6.69. The highest BCUT2D eigenvalue weighted by Gasteiger charge is 2.30. The van der Waals surface area contributed by atoms with Crippen molar-refractivity contribution in [2.75, 3.05) is 7.05 Å². The fourth-order valence-corrected chi connectivity index (χ4v) is 2.74. The maximum Gasteiger partial charge on any atom is 0.417 e. The average Bonchev–Trinajstić information content (AvgIpc) is 2.74. The number of benzene rings is 2. The molecule has 0 spiro atoms. The number of nitrogens with zero attached hydrogens (tertiary/aromatic N) is 2. The molecule has 0 radical (unpaired) electrons. The van der Waals surface area contributed by atoms with Gasteiger partial charge in [-0.25, -0.2) is 4.98 Å². The van der Waals surface area contributed by atoms with Crippen LogP contribution in [0, 0.1) is 0 Å². The van der Waals surface area contributed by atoms with Crippen LogP contribution in [-0.2, 0) is 12.7 Å². The van der Waals surface area contributed by atoms with Crippen molar-refractivity contribution in [1.29, 1.82) is 0 Å². The molecule has 10 heteroatoms. The van der Waals surface area contributed by atoms with Crippen LogP contribution in [-0.4, -0.2) is 29.5 Å². The first-order valence-electron chi connectivity index (χ1n) is 9.22. The van der Waals surface area contributed by atoms with E-state index in [1.54, 1.807) is 19.2 Å². The van der Waals surface area contributed by atoms with E-state index in [0.717, 1.165) is 17.7 Å². The van der Waals surface area contributed by atoms with Crippen molar-refractivity contribution < 1.29 is 36.2 Å². The van der Waals surface area contributed by atoms with Crippen LogP contribution in [0.1, 0.15) is 21.5 Å². The number of ether oxygens (including phenoxy) is 2. The van der Waals surface area contributed by atoms with E-state index >= 15 is 0 Å². The van der Waals surface area contributed by atoms with Crippen LogP contribution in [0.15, 0.2) is 66.9 Å². The fourth-order valence-electron chi connectivity index (χ4n) is 2.74. The van der Waals surface area contributed by atoms with Crippen molar-refractivity contribution in [3.05, 3.63) is 83.6 Å². The van der Waals surface area contributed by atoms with E-state index in [2.05, 4.69) is 9.72 Å². The predicted molar refractivity (Wildman–Crippen MR) is 105 cm³/mol. The number of hydrogen-bond donors (Lipinski definition) is 0. The summed E-state index contributed by atoms with van der Waals surface area (Å²) < 4.78 is 71.9. The van der Waals surface area contributed by atoms with Gasteiger partial charge < -0.3 is 14.4 Å². The molecule has 0 aliphatic rings. The van der Waals surface area contributed by atoms with Crippen molar-refractivity contribution in [2.24, 2.45) is 0 Å². The Bertz CT molecular complexity index is 1040. The van der Waals surface area contributed by atoms with Gasteiger partial charge in [-0.2, -0.15) is 22.0 Å². The summed E-state index contributed by atoms with van der Waals surface area (Å²) in [6, 6.07) is 13.9. The number of alkyl halides is 5. The van der Waals surface area contributed by atoms with Crippen molar-refractivity contribution in [1.82, 2.24) is 9.88 Å². The van der Waals surface area contributed by atoms with E-state index in [0.29, 0.717) is 17.5 Å². The minimum Gasteiger partial charge on any atom is -0.439 e. The fraction of sp³-hybridized carbons (Fsp3) is 0.182. The zero-order valence-corrected chi connectivity index (χ0v) is 16.6. The topological polar surface area (TPSA) is 51.7 Å². The van der Waals surface area contributed by atoms with E-state index in [4.69, 9.17) is 4.74 Å². The Balaban J connectivity index is 1.59. The van der Waals surface area contributed by atoms with E-state index in [9.17, 15) is 26.7 Å². The number of halogens is 5. The maximum atomic E-state index is 12.6. The first-order chi connectivity index (χ1) is 15.1. The van der Waals surface area contributed by atoms with Crippen LogP contribution < -0.4 is 9.47 Å². The SMILES string of the molecule is CN(Cc1ccc(OC(F)F)cc1)C(=O)c1ccc(Oc2ccc(C(F)(F)F)cn2)cc1. The molecule has 168 valence electrons. The number of amides is 1. The van der Waals surface area contributed by atoms with Crippen LogP contribution in [0.5, 0.6) is 17.4 Å². The van der Waals surface area contributed by atoms with Crippen LogP contribution in [0.25, 0.3) is 0 Å². The van der Waals surface area contributed by atoms with E-state index in [1.165, 1.54) is 41.3 Å². The second kappa shape index (κ2) is 9.63. The molecular weight excluding hydrogens is 435 g/mol. The van der Waals surface area contributed by atoms with Crippen molar-refractivity contribution in [3.8, 4) is 17.4 Å². The average molecular weight is 452 g/mol. The lowest BCUT2D eigenvalue weighted by molar-refractivity contribution is -0.137. The third-order valence-corrected chi connectivity index (χ3v) is 4.30. The van der Waals surface area contributed by atoms with Gasteiger partial charge in [-0.15, -0.1) is 0 Å². The Hall–Kier alpha value is -3.69. The van der Waals surface area contributed by atoms with Gasteiger partial charge in [-0.3, -0.25) is 4.79 Å². The number of carbonyl (C=O) groups is 1. The Kier molecular flexibility index (Phi) is 6.92. The van der Waals surface area contributed by atoms with Gasteiger partial charge in [-0.05, 0) is 48.0 Å². The maximum absolute atomic E-state index is 12.6. The molecule has 1 amide bonds. The van der Waals surface area contributed by atoms with Crippen LogP contribution >= 0.6 is 0 Å². The molecule has 32 heavy (non-hydrogen) atoms. The molecule has 0 N–H and O–H groups in total. The zero-order valence-electron chi connectivity index (χ0n) is 16.6. The first kappa shape index (κ1) is 23.0. The van der Waals surface area contributed by atoms with Gasteiger partial charge in [-0.1, -0.05) is 12.1 Å². The van der Waals surface area contributed by atoms with Gasteiger partial charge in [0.25, 0.3) is 5.91 Å². The molecule has 0 fully saturated rings. The molecular formula is C22H17F5N2O3. The monoisotopic (exact) mass is 452 g/mol. The summed E-state index contributed by atoms with van der Waals surface area (Å²) in [6.45, 7) is -2.67. The number of rotatable bonds is 7. The van der Waals surface area contributed by atoms with E-state index in [1.807, 2.05) is 0 Å². The molecule has 5 nitrogen and oxygen atoms in total. The Morgan fingerprint density at radius 2 is 1.59 bits per heavy atom. The molecule has 0 aliphatic heterocycles. The van der Waals surface area contributed by atoms with Crippen LogP contribution in [0.2, 0.25) is 0 Å². The summed E-state index contributed by atoms with van der Waals surface area (Å²) in [7, 11) is 1.59. The lowest BCUT2D eigenvalue weighted by Crippen LogP contribution is -2.26. The second-order valence-corrected chi connectivity index (χ2v) is 6.69. The number of hydrogen-bond acceptors (Lipinski definition) is 4. The van der Waals surface area contributed by atoms with Gasteiger partial charge in [0.05, 0.1) is 5.56 Å². The van der Waals surface area contributed by atoms with Crippen LogP contribution in [0.4, 0.5) is 22.0 Å². The molecule has 0 saturated carbocycles. The molecule has 3 rings (SSSR count). The number of pyridine rings is 1. The van der Waals surface area contributed by atoms with E-state index < -0.39 is 18.4 Å². The van der Waals surface area contributed by atoms with E-state index in [-0.39, 0.29) is 24.1 Å². The van der Waals surface area contributed by atoms with Gasteiger partial charge in [0, 0.05) is 31.4 Å². The minimum atomic E-state index is -4.48. The normalized spacial score (nSPS) is 11.3. The molecule has 0 unspecified atom stereocenters. The Morgan fingerprint density at radius 3 is 2.12 bits per heavy atom. The highest BCUT2D eigenvalue weighted by Crippen LogP contribution is 2.30. The lowest BCUT2D eigenvalue weighted by Gasteiger charge is -2.18. The summed E-state index contributed by atoms with van der Waals surface area (Å²) in [5, 5.41) is 0. The Morgan fingerprint density at radius 1 is 0.969 bits per heavy atom. The van der Waals surface area contributed by atoms with Gasteiger partial charge in [0.1, 0.15) is 11.5 Å².